The summed E-state index contributed by atoms with van der Waals surface area (Å²) >= 11 is 0. The molecule has 0 aromatic carbocycles. The van der Waals surface area contributed by atoms with Crippen molar-refractivity contribution in [3.05, 3.63) is 0 Å². The van der Waals surface area contributed by atoms with Crippen LogP contribution in [0, 0.1) is 11.3 Å². The highest BCUT2D eigenvalue weighted by Crippen LogP contribution is 1.96. The topological polar surface area (TPSA) is 71.6 Å². The van der Waals surface area contributed by atoms with Gasteiger partial charge in [-0.3, -0.25) is 5.41 Å². The van der Waals surface area contributed by atoms with Gasteiger partial charge in [0, 0.05) is 26.1 Å². The highest BCUT2D eigenvalue weighted by molar-refractivity contribution is 5.79. The molecule has 0 spiro atoms. The standard InChI is InChI=1S/C10H23N3O2/c1-9(10(11)12)8-13(2)4-5-15-7-6-14-3/h9H,4-8H2,1-3H3,(H3,11,12). The van der Waals surface area contributed by atoms with Crippen LogP contribution >= 0.6 is 0 Å². The second-order valence-corrected chi connectivity index (χ2v) is 3.72. The predicted octanol–water partition coefficient (Wildman–Crippen LogP) is 0.153. The van der Waals surface area contributed by atoms with Crippen LogP contribution in [0.25, 0.3) is 0 Å². The Morgan fingerprint density at radius 2 is 2.07 bits per heavy atom. The lowest BCUT2D eigenvalue weighted by Gasteiger charge is -2.20. The first-order valence-corrected chi connectivity index (χ1v) is 5.17. The third-order valence-corrected chi connectivity index (χ3v) is 2.17. The van der Waals surface area contributed by atoms with E-state index in [1.165, 1.54) is 0 Å². The lowest BCUT2D eigenvalue weighted by Crippen LogP contribution is -2.34. The maximum atomic E-state index is 7.26. The monoisotopic (exact) mass is 217 g/mol. The van der Waals surface area contributed by atoms with E-state index in [4.69, 9.17) is 20.6 Å². The number of nitrogens with zero attached hydrogens (tertiary/aromatic N) is 1. The van der Waals surface area contributed by atoms with E-state index in [2.05, 4.69) is 4.90 Å². The van der Waals surface area contributed by atoms with E-state index in [0.717, 1.165) is 13.1 Å². The lowest BCUT2D eigenvalue weighted by atomic mass is 10.1. The van der Waals surface area contributed by atoms with E-state index < -0.39 is 0 Å². The third-order valence-electron chi connectivity index (χ3n) is 2.17. The largest absolute Gasteiger partial charge is 0.387 e. The van der Waals surface area contributed by atoms with Crippen LogP contribution in [0.3, 0.4) is 0 Å². The third kappa shape index (κ3) is 8.35. The van der Waals surface area contributed by atoms with Gasteiger partial charge < -0.3 is 20.1 Å². The molecule has 0 saturated heterocycles. The van der Waals surface area contributed by atoms with Gasteiger partial charge in [0.25, 0.3) is 0 Å². The summed E-state index contributed by atoms with van der Waals surface area (Å²) in [6.07, 6.45) is 0. The molecule has 0 aromatic rings. The minimum atomic E-state index is 0.106. The molecular formula is C10H23N3O2. The van der Waals surface area contributed by atoms with Crippen LogP contribution in [0.15, 0.2) is 0 Å². The maximum absolute atomic E-state index is 7.26. The van der Waals surface area contributed by atoms with Crippen LogP contribution < -0.4 is 5.73 Å². The van der Waals surface area contributed by atoms with Crippen molar-refractivity contribution in [2.75, 3.05) is 47.1 Å². The van der Waals surface area contributed by atoms with E-state index in [1.807, 2.05) is 14.0 Å². The molecule has 0 aliphatic rings. The molecule has 0 bridgehead atoms. The smallest absolute Gasteiger partial charge is 0.0947 e. The number of nitrogens with one attached hydrogen (secondary N) is 1. The van der Waals surface area contributed by atoms with E-state index in [0.29, 0.717) is 19.8 Å². The normalized spacial score (nSPS) is 13.1. The van der Waals surface area contributed by atoms with Crippen LogP contribution in [-0.2, 0) is 9.47 Å². The van der Waals surface area contributed by atoms with E-state index >= 15 is 0 Å². The van der Waals surface area contributed by atoms with Gasteiger partial charge in [-0.2, -0.15) is 0 Å². The number of hydrogen-bond donors (Lipinski definition) is 2. The van der Waals surface area contributed by atoms with Crippen molar-refractivity contribution >= 4 is 5.84 Å². The molecule has 1 atom stereocenters. The summed E-state index contributed by atoms with van der Waals surface area (Å²) in [5, 5.41) is 7.26. The SMILES string of the molecule is COCCOCCN(C)CC(C)C(=N)N. The zero-order valence-corrected chi connectivity index (χ0v) is 9.95. The van der Waals surface area contributed by atoms with Crippen LogP contribution in [0.4, 0.5) is 0 Å². The average Bonchev–Trinajstić information content (AvgIpc) is 2.17. The first kappa shape index (κ1) is 14.3. The number of nitrogens with two attached hydrogens (primary N) is 1. The molecule has 1 unspecified atom stereocenters. The van der Waals surface area contributed by atoms with Crippen molar-refractivity contribution in [2.24, 2.45) is 11.7 Å². The van der Waals surface area contributed by atoms with Gasteiger partial charge in [-0.15, -0.1) is 0 Å². The molecule has 90 valence electrons. The Morgan fingerprint density at radius 1 is 1.40 bits per heavy atom. The molecule has 3 N–H and O–H groups in total. The quantitative estimate of drug-likeness (QED) is 0.328. The molecule has 0 radical (unpaired) electrons. The summed E-state index contributed by atoms with van der Waals surface area (Å²) in [7, 11) is 3.66. The van der Waals surface area contributed by atoms with Crippen LogP contribution in [0.5, 0.6) is 0 Å². The average molecular weight is 217 g/mol. The Hall–Kier alpha value is -0.650. The number of ether oxygens (including phenoxy) is 2. The fourth-order valence-electron chi connectivity index (χ4n) is 1.12. The molecule has 0 saturated carbocycles. The molecule has 0 rings (SSSR count). The molecular weight excluding hydrogens is 194 g/mol. The van der Waals surface area contributed by atoms with Crippen molar-refractivity contribution in [2.45, 2.75) is 6.92 Å². The van der Waals surface area contributed by atoms with Gasteiger partial charge in [-0.25, -0.2) is 0 Å². The van der Waals surface area contributed by atoms with Crippen LogP contribution in [0.1, 0.15) is 6.92 Å². The molecule has 0 heterocycles. The van der Waals surface area contributed by atoms with Gasteiger partial charge in [0.2, 0.25) is 0 Å². The second kappa shape index (κ2) is 8.64. The molecule has 0 aliphatic heterocycles. The molecule has 0 amide bonds. The Balaban J connectivity index is 3.40. The molecule has 5 nitrogen and oxygen atoms in total. The molecule has 5 heteroatoms. The number of amidine groups is 1. The number of rotatable bonds is 9. The summed E-state index contributed by atoms with van der Waals surface area (Å²) < 4.78 is 10.2. The van der Waals surface area contributed by atoms with Crippen molar-refractivity contribution < 1.29 is 9.47 Å². The van der Waals surface area contributed by atoms with Gasteiger partial charge in [-0.1, -0.05) is 6.92 Å². The zero-order valence-electron chi connectivity index (χ0n) is 9.95. The predicted molar refractivity (Wildman–Crippen MR) is 61.3 cm³/mol. The minimum Gasteiger partial charge on any atom is -0.387 e. The summed E-state index contributed by atoms with van der Waals surface area (Å²) in [5.74, 6) is 0.344. The fraction of sp³-hybridized carbons (Fsp3) is 0.900. The highest BCUT2D eigenvalue weighted by Gasteiger charge is 2.08. The summed E-state index contributed by atoms with van der Waals surface area (Å²) in [4.78, 5) is 2.11. The van der Waals surface area contributed by atoms with Crippen molar-refractivity contribution in [1.82, 2.24) is 4.90 Å². The van der Waals surface area contributed by atoms with E-state index in [1.54, 1.807) is 7.11 Å². The maximum Gasteiger partial charge on any atom is 0.0947 e. The highest BCUT2D eigenvalue weighted by atomic mass is 16.5. The van der Waals surface area contributed by atoms with Gasteiger partial charge in [0.05, 0.1) is 25.7 Å². The summed E-state index contributed by atoms with van der Waals surface area (Å²) in [6, 6.07) is 0. The zero-order chi connectivity index (χ0) is 11.7. The first-order valence-electron chi connectivity index (χ1n) is 5.17. The Morgan fingerprint density at radius 3 is 2.60 bits per heavy atom. The van der Waals surface area contributed by atoms with Crippen LogP contribution in [0.2, 0.25) is 0 Å². The Labute approximate surface area is 92.0 Å². The molecule has 0 fully saturated rings. The molecule has 15 heavy (non-hydrogen) atoms. The van der Waals surface area contributed by atoms with Crippen molar-refractivity contribution in [3.8, 4) is 0 Å². The summed E-state index contributed by atoms with van der Waals surface area (Å²) in [6.45, 7) is 5.54. The van der Waals surface area contributed by atoms with Gasteiger partial charge in [0.1, 0.15) is 0 Å². The summed E-state index contributed by atoms with van der Waals surface area (Å²) in [5.41, 5.74) is 5.39. The van der Waals surface area contributed by atoms with Gasteiger partial charge in [-0.05, 0) is 7.05 Å². The minimum absolute atomic E-state index is 0.106. The fourth-order valence-corrected chi connectivity index (χ4v) is 1.12. The number of methoxy groups -OCH3 is 1. The Kier molecular flexibility index (Phi) is 8.27. The van der Waals surface area contributed by atoms with Crippen molar-refractivity contribution in [3.63, 3.8) is 0 Å². The first-order chi connectivity index (χ1) is 7.07. The lowest BCUT2D eigenvalue weighted by molar-refractivity contribution is 0.0599. The number of likely N-dealkylation sites (N-methyl/N-ethyl adjacent to an activating group) is 1. The van der Waals surface area contributed by atoms with Gasteiger partial charge in [0.15, 0.2) is 0 Å². The number of hydrogen-bond acceptors (Lipinski definition) is 4. The molecule has 0 aliphatic carbocycles. The van der Waals surface area contributed by atoms with E-state index in [9.17, 15) is 0 Å². The second-order valence-electron chi connectivity index (χ2n) is 3.72. The van der Waals surface area contributed by atoms with Crippen LogP contribution in [-0.4, -0.2) is 57.8 Å². The Bertz CT molecular complexity index is 176. The van der Waals surface area contributed by atoms with Gasteiger partial charge >= 0.3 is 0 Å². The van der Waals surface area contributed by atoms with E-state index in [-0.39, 0.29) is 11.8 Å². The van der Waals surface area contributed by atoms with Crippen molar-refractivity contribution in [1.29, 1.82) is 5.41 Å². The molecule has 0 aromatic heterocycles.